The second kappa shape index (κ2) is 18.9. The van der Waals surface area contributed by atoms with Crippen LogP contribution in [0.15, 0.2) is 0 Å². The molecule has 0 amide bonds. The molecule has 0 radical (unpaired) electrons. The summed E-state index contributed by atoms with van der Waals surface area (Å²) < 4.78 is 15.8. The Morgan fingerprint density at radius 1 is 0.636 bits per heavy atom. The number of rotatable bonds is 18. The van der Waals surface area contributed by atoms with Crippen molar-refractivity contribution >= 4 is 0 Å². The zero-order chi connectivity index (χ0) is 16.3. The third kappa shape index (κ3) is 19.8. The Kier molecular flexibility index (Phi) is 18.8. The molecule has 4 nitrogen and oxygen atoms in total. The molecule has 22 heavy (non-hydrogen) atoms. The second-order valence-electron chi connectivity index (χ2n) is 5.88. The van der Waals surface area contributed by atoms with Gasteiger partial charge in [0.2, 0.25) is 0 Å². The molecule has 0 saturated carbocycles. The Balaban J connectivity index is 2.94. The molecule has 0 unspecified atom stereocenters. The van der Waals surface area contributed by atoms with Gasteiger partial charge in [0, 0.05) is 6.61 Å². The Morgan fingerprint density at radius 3 is 1.64 bits per heavy atom. The lowest BCUT2D eigenvalue weighted by atomic mass is 10.1. The molecule has 134 valence electrons. The van der Waals surface area contributed by atoms with E-state index in [0.717, 1.165) is 13.0 Å². The fourth-order valence-electron chi connectivity index (χ4n) is 2.29. The van der Waals surface area contributed by atoms with E-state index in [1.807, 2.05) is 0 Å². The van der Waals surface area contributed by atoms with E-state index in [-0.39, 0.29) is 0 Å². The van der Waals surface area contributed by atoms with Crippen LogP contribution in [-0.2, 0) is 14.2 Å². The maximum atomic E-state index is 8.88. The van der Waals surface area contributed by atoms with Gasteiger partial charge < -0.3 is 19.3 Å². The molecule has 1 atom stereocenters. The molecule has 0 aliphatic carbocycles. The molecule has 0 spiro atoms. The number of hydrogen-bond acceptors (Lipinski definition) is 4. The van der Waals surface area contributed by atoms with E-state index in [2.05, 4.69) is 6.92 Å². The normalized spacial score (nSPS) is 12.7. The van der Waals surface area contributed by atoms with E-state index in [0.29, 0.717) is 26.4 Å². The highest BCUT2D eigenvalue weighted by Gasteiger charge is 1.95. The molecular weight excluding hydrogens is 280 g/mol. The summed E-state index contributed by atoms with van der Waals surface area (Å²) in [7, 11) is 0. The average molecular weight is 318 g/mol. The van der Waals surface area contributed by atoms with Crippen molar-refractivity contribution < 1.29 is 19.3 Å². The number of aliphatic hydroxyl groups excluding tert-OH is 1. The van der Waals surface area contributed by atoms with Crippen molar-refractivity contribution in [3.8, 4) is 0 Å². The van der Waals surface area contributed by atoms with Crippen LogP contribution in [0.3, 0.4) is 0 Å². The van der Waals surface area contributed by atoms with Gasteiger partial charge in [0.15, 0.2) is 6.29 Å². The molecule has 1 N–H and O–H groups in total. The lowest BCUT2D eigenvalue weighted by Crippen LogP contribution is -2.13. The molecule has 0 aromatic heterocycles. The van der Waals surface area contributed by atoms with Crippen molar-refractivity contribution in [1.29, 1.82) is 0 Å². The van der Waals surface area contributed by atoms with Crippen molar-refractivity contribution in [1.82, 2.24) is 0 Å². The van der Waals surface area contributed by atoms with Gasteiger partial charge in [-0.1, -0.05) is 64.7 Å². The van der Waals surface area contributed by atoms with Crippen molar-refractivity contribution in [2.75, 3.05) is 33.0 Å². The number of aliphatic hydroxyl groups is 1. The van der Waals surface area contributed by atoms with Gasteiger partial charge in [-0.15, -0.1) is 0 Å². The van der Waals surface area contributed by atoms with Crippen LogP contribution in [-0.4, -0.2) is 44.4 Å². The van der Waals surface area contributed by atoms with Gasteiger partial charge in [-0.05, 0) is 13.3 Å². The number of hydrogen-bond donors (Lipinski definition) is 1. The lowest BCUT2D eigenvalue weighted by molar-refractivity contribution is -0.101. The molecule has 0 aliphatic rings. The molecule has 0 saturated heterocycles. The standard InChI is InChI=1S/C18H38O4/c1-3-4-5-6-7-8-9-10-11-12-13-20-14-15-21-16-17-22-18(2)19/h18-19H,3-17H2,1-2H3/t18-/m0/s1. The summed E-state index contributed by atoms with van der Waals surface area (Å²) in [4.78, 5) is 0. The molecule has 4 heteroatoms. The fourth-order valence-corrected chi connectivity index (χ4v) is 2.29. The Bertz CT molecular complexity index is 198. The van der Waals surface area contributed by atoms with Crippen LogP contribution in [0.1, 0.15) is 78.1 Å². The molecule has 0 bridgehead atoms. The predicted molar refractivity (Wildman–Crippen MR) is 91.1 cm³/mol. The van der Waals surface area contributed by atoms with Gasteiger partial charge >= 0.3 is 0 Å². The fraction of sp³-hybridized carbons (Fsp3) is 1.00. The first-order chi connectivity index (χ1) is 10.8. The minimum Gasteiger partial charge on any atom is -0.379 e. The summed E-state index contributed by atoms with van der Waals surface area (Å²) in [6.07, 6.45) is 12.8. The first-order valence-electron chi connectivity index (χ1n) is 9.22. The van der Waals surface area contributed by atoms with Crippen LogP contribution in [0.25, 0.3) is 0 Å². The van der Waals surface area contributed by atoms with Crippen LogP contribution in [0.5, 0.6) is 0 Å². The highest BCUT2D eigenvalue weighted by molar-refractivity contribution is 4.47. The topological polar surface area (TPSA) is 47.9 Å². The largest absolute Gasteiger partial charge is 0.379 e. The zero-order valence-corrected chi connectivity index (χ0v) is 14.9. The minimum absolute atomic E-state index is 0.427. The number of unbranched alkanes of at least 4 members (excludes halogenated alkanes) is 9. The van der Waals surface area contributed by atoms with E-state index in [1.165, 1.54) is 57.8 Å². The summed E-state index contributed by atoms with van der Waals surface area (Å²) in [5.41, 5.74) is 0. The van der Waals surface area contributed by atoms with Gasteiger partial charge in [0.05, 0.1) is 26.4 Å². The molecule has 0 rings (SSSR count). The molecule has 0 aliphatic heterocycles. The van der Waals surface area contributed by atoms with Crippen molar-refractivity contribution in [3.05, 3.63) is 0 Å². The van der Waals surface area contributed by atoms with Crippen molar-refractivity contribution in [3.63, 3.8) is 0 Å². The molecule has 0 heterocycles. The van der Waals surface area contributed by atoms with Gasteiger partial charge in [0.25, 0.3) is 0 Å². The van der Waals surface area contributed by atoms with Crippen LogP contribution >= 0.6 is 0 Å². The third-order valence-electron chi connectivity index (χ3n) is 3.60. The first kappa shape index (κ1) is 21.8. The summed E-state index contributed by atoms with van der Waals surface area (Å²) in [5, 5.41) is 8.88. The van der Waals surface area contributed by atoms with E-state index < -0.39 is 6.29 Å². The van der Waals surface area contributed by atoms with E-state index in [4.69, 9.17) is 19.3 Å². The maximum absolute atomic E-state index is 8.88. The van der Waals surface area contributed by atoms with E-state index in [9.17, 15) is 0 Å². The van der Waals surface area contributed by atoms with Crippen LogP contribution in [0.2, 0.25) is 0 Å². The van der Waals surface area contributed by atoms with Gasteiger partial charge in [-0.25, -0.2) is 0 Å². The summed E-state index contributed by atoms with van der Waals surface area (Å²) in [5.74, 6) is 0. The Hall–Kier alpha value is -0.160. The summed E-state index contributed by atoms with van der Waals surface area (Å²) in [6, 6.07) is 0. The summed E-state index contributed by atoms with van der Waals surface area (Å²) >= 11 is 0. The van der Waals surface area contributed by atoms with E-state index in [1.54, 1.807) is 6.92 Å². The van der Waals surface area contributed by atoms with Gasteiger partial charge in [0.1, 0.15) is 0 Å². The Morgan fingerprint density at radius 2 is 1.09 bits per heavy atom. The quantitative estimate of drug-likeness (QED) is 0.302. The molecular formula is C18H38O4. The SMILES string of the molecule is CCCCCCCCCCCCOCCOCCO[C@@H](C)O. The smallest absolute Gasteiger partial charge is 0.151 e. The molecule has 0 aromatic carbocycles. The summed E-state index contributed by atoms with van der Waals surface area (Å²) in [6.45, 7) is 6.87. The number of ether oxygens (including phenoxy) is 3. The van der Waals surface area contributed by atoms with Crippen molar-refractivity contribution in [2.24, 2.45) is 0 Å². The average Bonchev–Trinajstić information content (AvgIpc) is 2.50. The lowest BCUT2D eigenvalue weighted by Gasteiger charge is -2.08. The second-order valence-corrected chi connectivity index (χ2v) is 5.88. The van der Waals surface area contributed by atoms with Crippen LogP contribution in [0.4, 0.5) is 0 Å². The van der Waals surface area contributed by atoms with Gasteiger partial charge in [-0.2, -0.15) is 0 Å². The van der Waals surface area contributed by atoms with E-state index >= 15 is 0 Å². The Labute approximate surface area is 137 Å². The maximum Gasteiger partial charge on any atom is 0.151 e. The monoisotopic (exact) mass is 318 g/mol. The van der Waals surface area contributed by atoms with Crippen LogP contribution < -0.4 is 0 Å². The zero-order valence-electron chi connectivity index (χ0n) is 14.9. The molecule has 0 aromatic rings. The highest BCUT2D eigenvalue weighted by atomic mass is 16.6. The van der Waals surface area contributed by atoms with Crippen LogP contribution in [0, 0.1) is 0 Å². The molecule has 0 fully saturated rings. The minimum atomic E-state index is -0.712. The highest BCUT2D eigenvalue weighted by Crippen LogP contribution is 2.10. The van der Waals surface area contributed by atoms with Crippen molar-refractivity contribution in [2.45, 2.75) is 84.3 Å². The van der Waals surface area contributed by atoms with Gasteiger partial charge in [-0.3, -0.25) is 0 Å². The first-order valence-corrected chi connectivity index (χ1v) is 9.22. The predicted octanol–water partition coefficient (Wildman–Crippen LogP) is 4.30. The third-order valence-corrected chi connectivity index (χ3v) is 3.60.